The SMILES string of the molecule is COc1cc2c(cc1OC)[C@H](COc1cc(C)cc(C)c1)N(C(=O)c1ccc(S(=O)(=O)N3CCCC3)cc1)CC2. The second kappa shape index (κ2) is 11.5. The van der Waals surface area contributed by atoms with E-state index in [1.54, 1.807) is 31.3 Å². The van der Waals surface area contributed by atoms with E-state index >= 15 is 0 Å². The van der Waals surface area contributed by atoms with Gasteiger partial charge < -0.3 is 19.1 Å². The highest BCUT2D eigenvalue weighted by molar-refractivity contribution is 7.89. The average molecular weight is 565 g/mol. The Labute approximate surface area is 236 Å². The Kier molecular flexibility index (Phi) is 8.05. The third-order valence-electron chi connectivity index (χ3n) is 7.67. The van der Waals surface area contributed by atoms with E-state index in [1.165, 1.54) is 16.4 Å². The molecule has 212 valence electrons. The van der Waals surface area contributed by atoms with Crippen LogP contribution >= 0.6 is 0 Å². The van der Waals surface area contributed by atoms with Gasteiger partial charge in [-0.2, -0.15) is 4.31 Å². The minimum Gasteiger partial charge on any atom is -0.493 e. The maximum Gasteiger partial charge on any atom is 0.254 e. The molecule has 5 rings (SSSR count). The lowest BCUT2D eigenvalue weighted by Gasteiger charge is -2.37. The number of nitrogens with zero attached hydrogens (tertiary/aromatic N) is 2. The van der Waals surface area contributed by atoms with Crippen molar-refractivity contribution < 1.29 is 27.4 Å². The zero-order valence-corrected chi connectivity index (χ0v) is 24.3. The largest absolute Gasteiger partial charge is 0.493 e. The quantitative estimate of drug-likeness (QED) is 0.386. The van der Waals surface area contributed by atoms with Gasteiger partial charge in [-0.15, -0.1) is 0 Å². The molecule has 8 nitrogen and oxygen atoms in total. The summed E-state index contributed by atoms with van der Waals surface area (Å²) in [5.74, 6) is 1.79. The molecule has 3 aromatic rings. The van der Waals surface area contributed by atoms with Gasteiger partial charge in [0.2, 0.25) is 10.0 Å². The summed E-state index contributed by atoms with van der Waals surface area (Å²) < 4.78 is 44.9. The summed E-state index contributed by atoms with van der Waals surface area (Å²) in [5.41, 5.74) is 4.64. The summed E-state index contributed by atoms with van der Waals surface area (Å²) in [7, 11) is -0.354. The van der Waals surface area contributed by atoms with Gasteiger partial charge in [0, 0.05) is 25.2 Å². The Morgan fingerprint density at radius 1 is 0.875 bits per heavy atom. The molecular weight excluding hydrogens is 528 g/mol. The Morgan fingerprint density at radius 3 is 2.12 bits per heavy atom. The van der Waals surface area contributed by atoms with Crippen LogP contribution in [-0.4, -0.2) is 64.0 Å². The number of methoxy groups -OCH3 is 2. The topological polar surface area (TPSA) is 85.4 Å². The monoisotopic (exact) mass is 564 g/mol. The van der Waals surface area contributed by atoms with Crippen LogP contribution in [0.15, 0.2) is 59.5 Å². The minimum absolute atomic E-state index is 0.181. The van der Waals surface area contributed by atoms with Crippen molar-refractivity contribution in [2.75, 3.05) is 40.5 Å². The number of amides is 1. The molecule has 1 fully saturated rings. The number of hydrogen-bond donors (Lipinski definition) is 0. The molecule has 0 aromatic heterocycles. The van der Waals surface area contributed by atoms with Crippen LogP contribution in [0.25, 0.3) is 0 Å². The predicted molar refractivity (Wildman–Crippen MR) is 153 cm³/mol. The number of carbonyl (C=O) groups excluding carboxylic acids is 1. The lowest BCUT2D eigenvalue weighted by Crippen LogP contribution is -2.42. The summed E-state index contributed by atoms with van der Waals surface area (Å²) in [6.45, 7) is 5.85. The maximum atomic E-state index is 13.9. The van der Waals surface area contributed by atoms with Crippen LogP contribution in [0, 0.1) is 13.8 Å². The Morgan fingerprint density at radius 2 is 1.50 bits per heavy atom. The van der Waals surface area contributed by atoms with Crippen molar-refractivity contribution in [1.29, 1.82) is 0 Å². The summed E-state index contributed by atoms with van der Waals surface area (Å²) in [4.78, 5) is 15.9. The van der Waals surface area contributed by atoms with Crippen LogP contribution in [0.5, 0.6) is 17.2 Å². The third-order valence-corrected chi connectivity index (χ3v) is 9.58. The van der Waals surface area contributed by atoms with E-state index in [-0.39, 0.29) is 23.5 Å². The number of carbonyl (C=O) groups is 1. The smallest absolute Gasteiger partial charge is 0.254 e. The van der Waals surface area contributed by atoms with Crippen molar-refractivity contribution in [2.24, 2.45) is 0 Å². The molecule has 1 saturated heterocycles. The molecule has 0 unspecified atom stereocenters. The molecule has 0 saturated carbocycles. The van der Waals surface area contributed by atoms with E-state index in [0.29, 0.717) is 43.1 Å². The Balaban J connectivity index is 1.46. The molecule has 2 aliphatic rings. The van der Waals surface area contributed by atoms with Crippen LogP contribution < -0.4 is 14.2 Å². The molecule has 1 amide bonds. The van der Waals surface area contributed by atoms with Crippen LogP contribution in [0.1, 0.15) is 51.5 Å². The van der Waals surface area contributed by atoms with Crippen molar-refractivity contribution in [1.82, 2.24) is 9.21 Å². The Bertz CT molecular complexity index is 1480. The van der Waals surface area contributed by atoms with Gasteiger partial charge in [0.05, 0.1) is 25.2 Å². The molecular formula is C31H36N2O6S. The summed E-state index contributed by atoms with van der Waals surface area (Å²) in [5, 5.41) is 0. The van der Waals surface area contributed by atoms with E-state index in [2.05, 4.69) is 6.07 Å². The first kappa shape index (κ1) is 28.0. The molecule has 0 N–H and O–H groups in total. The molecule has 40 heavy (non-hydrogen) atoms. The number of aryl methyl sites for hydroxylation is 2. The van der Waals surface area contributed by atoms with Crippen molar-refractivity contribution in [3.8, 4) is 17.2 Å². The predicted octanol–water partition coefficient (Wildman–Crippen LogP) is 4.92. The van der Waals surface area contributed by atoms with Gasteiger partial charge in [0.25, 0.3) is 5.91 Å². The number of fused-ring (bicyclic) bond motifs is 1. The number of rotatable bonds is 8. The van der Waals surface area contributed by atoms with Crippen LogP contribution in [0.3, 0.4) is 0 Å². The second-order valence-electron chi connectivity index (χ2n) is 10.4. The number of hydrogen-bond acceptors (Lipinski definition) is 6. The molecule has 1 atom stereocenters. The van der Waals surface area contributed by atoms with Gasteiger partial charge >= 0.3 is 0 Å². The van der Waals surface area contributed by atoms with E-state index in [4.69, 9.17) is 14.2 Å². The van der Waals surface area contributed by atoms with E-state index in [1.807, 2.05) is 38.1 Å². The van der Waals surface area contributed by atoms with Crippen LogP contribution in [-0.2, 0) is 16.4 Å². The fourth-order valence-corrected chi connectivity index (χ4v) is 7.17. The second-order valence-corrected chi connectivity index (χ2v) is 12.4. The first-order chi connectivity index (χ1) is 19.2. The molecule has 0 bridgehead atoms. The van der Waals surface area contributed by atoms with Gasteiger partial charge in [-0.05, 0) is 104 Å². The van der Waals surface area contributed by atoms with Gasteiger partial charge in [-0.25, -0.2) is 8.42 Å². The highest BCUT2D eigenvalue weighted by atomic mass is 32.2. The molecule has 2 aliphatic heterocycles. The number of sulfonamides is 1. The summed E-state index contributed by atoms with van der Waals surface area (Å²) >= 11 is 0. The standard InChI is InChI=1S/C31H36N2O6S/c1-21-15-22(2)17-25(16-21)39-20-28-27-19-30(38-4)29(37-3)18-24(27)11-14-33(28)31(34)23-7-9-26(10-8-23)40(35,36)32-12-5-6-13-32/h7-10,15-19,28H,5-6,11-14,20H2,1-4H3/t28-/m0/s1. The average Bonchev–Trinajstić information content (AvgIpc) is 3.50. The lowest BCUT2D eigenvalue weighted by atomic mass is 9.91. The first-order valence-electron chi connectivity index (χ1n) is 13.6. The fourth-order valence-electron chi connectivity index (χ4n) is 5.66. The molecule has 2 heterocycles. The maximum absolute atomic E-state index is 13.9. The molecule has 3 aromatic carbocycles. The molecule has 0 aliphatic carbocycles. The van der Waals surface area contributed by atoms with E-state index < -0.39 is 10.0 Å². The highest BCUT2D eigenvalue weighted by Crippen LogP contribution is 2.39. The van der Waals surface area contributed by atoms with E-state index in [9.17, 15) is 13.2 Å². The van der Waals surface area contributed by atoms with Crippen molar-refractivity contribution in [2.45, 2.75) is 44.0 Å². The van der Waals surface area contributed by atoms with Crippen LogP contribution in [0.4, 0.5) is 0 Å². The van der Waals surface area contributed by atoms with Gasteiger partial charge in [-0.1, -0.05) is 6.07 Å². The van der Waals surface area contributed by atoms with Gasteiger partial charge in [-0.3, -0.25) is 4.79 Å². The number of ether oxygens (including phenoxy) is 3. The molecule has 9 heteroatoms. The van der Waals surface area contributed by atoms with Gasteiger partial charge in [0.1, 0.15) is 12.4 Å². The van der Waals surface area contributed by atoms with Crippen molar-refractivity contribution in [3.63, 3.8) is 0 Å². The van der Waals surface area contributed by atoms with Gasteiger partial charge in [0.15, 0.2) is 11.5 Å². The highest BCUT2D eigenvalue weighted by Gasteiger charge is 2.34. The zero-order valence-electron chi connectivity index (χ0n) is 23.5. The van der Waals surface area contributed by atoms with E-state index in [0.717, 1.165) is 40.8 Å². The lowest BCUT2D eigenvalue weighted by molar-refractivity contribution is 0.0589. The Hall–Kier alpha value is -3.56. The summed E-state index contributed by atoms with van der Waals surface area (Å²) in [6.07, 6.45) is 2.38. The summed E-state index contributed by atoms with van der Waals surface area (Å²) in [6, 6.07) is 15.9. The van der Waals surface area contributed by atoms with Crippen molar-refractivity contribution >= 4 is 15.9 Å². The van der Waals surface area contributed by atoms with Crippen LogP contribution in [0.2, 0.25) is 0 Å². The first-order valence-corrected chi connectivity index (χ1v) is 15.0. The molecule has 0 spiro atoms. The van der Waals surface area contributed by atoms with Crippen molar-refractivity contribution in [3.05, 3.63) is 82.4 Å². The zero-order chi connectivity index (χ0) is 28.4. The normalized spacial score (nSPS) is 17.4. The molecule has 0 radical (unpaired) electrons. The number of benzene rings is 3. The fraction of sp³-hybridized carbons (Fsp3) is 0.387. The minimum atomic E-state index is -3.55. The third kappa shape index (κ3) is 5.53.